The molecule has 0 aromatic carbocycles. The Kier molecular flexibility index (Phi) is 2.23. The minimum Gasteiger partial charge on any atom is -0.399 e. The normalized spacial score (nSPS) is 31.6. The highest BCUT2D eigenvalue weighted by Gasteiger charge is 2.32. The Balaban J connectivity index is 2.39. The number of nitrogens with two attached hydrogens (primary N) is 1. The van der Waals surface area contributed by atoms with Crippen molar-refractivity contribution < 1.29 is 0 Å². The second-order valence-corrected chi connectivity index (χ2v) is 5.00. The van der Waals surface area contributed by atoms with E-state index >= 15 is 0 Å². The summed E-state index contributed by atoms with van der Waals surface area (Å²) in [6, 6.07) is 4.30. The van der Waals surface area contributed by atoms with Gasteiger partial charge in [-0.15, -0.1) is 11.3 Å². The predicted octanol–water partition coefficient (Wildman–Crippen LogP) is 3.05. The SMILES string of the molecule is CC1C=C(N)C=CC1(C)c1cccs1. The molecule has 1 aliphatic rings. The molecule has 0 saturated heterocycles. The minimum atomic E-state index is 0.122. The topological polar surface area (TPSA) is 26.0 Å². The third kappa shape index (κ3) is 1.40. The molecule has 14 heavy (non-hydrogen) atoms. The van der Waals surface area contributed by atoms with Crippen molar-refractivity contribution in [3.8, 4) is 0 Å². The fourth-order valence-corrected chi connectivity index (χ4v) is 2.80. The van der Waals surface area contributed by atoms with Crippen LogP contribution in [0.2, 0.25) is 0 Å². The van der Waals surface area contributed by atoms with Gasteiger partial charge in [-0.05, 0) is 23.4 Å². The summed E-state index contributed by atoms with van der Waals surface area (Å²) in [5.41, 5.74) is 6.78. The molecule has 0 amide bonds. The molecule has 2 rings (SSSR count). The van der Waals surface area contributed by atoms with Gasteiger partial charge >= 0.3 is 0 Å². The van der Waals surface area contributed by atoms with Crippen molar-refractivity contribution in [3.63, 3.8) is 0 Å². The molecule has 74 valence electrons. The summed E-state index contributed by atoms with van der Waals surface area (Å²) in [6.45, 7) is 4.49. The second-order valence-electron chi connectivity index (χ2n) is 4.05. The quantitative estimate of drug-likeness (QED) is 0.749. The molecule has 0 aliphatic heterocycles. The van der Waals surface area contributed by atoms with Crippen LogP contribution in [-0.2, 0) is 5.41 Å². The summed E-state index contributed by atoms with van der Waals surface area (Å²) >= 11 is 1.81. The Morgan fingerprint density at radius 1 is 1.50 bits per heavy atom. The van der Waals surface area contributed by atoms with E-state index in [1.165, 1.54) is 4.88 Å². The van der Waals surface area contributed by atoms with Gasteiger partial charge in [0, 0.05) is 16.0 Å². The van der Waals surface area contributed by atoms with Crippen LogP contribution in [0.4, 0.5) is 0 Å². The van der Waals surface area contributed by atoms with E-state index in [-0.39, 0.29) is 5.41 Å². The Labute approximate surface area is 88.9 Å². The van der Waals surface area contributed by atoms with Crippen LogP contribution in [0.1, 0.15) is 18.7 Å². The van der Waals surface area contributed by atoms with Crippen molar-refractivity contribution >= 4 is 11.3 Å². The van der Waals surface area contributed by atoms with Gasteiger partial charge in [-0.3, -0.25) is 0 Å². The molecule has 2 atom stereocenters. The van der Waals surface area contributed by atoms with Crippen LogP contribution in [0.5, 0.6) is 0 Å². The average Bonchev–Trinajstić information content (AvgIpc) is 2.65. The third-order valence-corrected chi connectivity index (χ3v) is 4.19. The molecule has 1 aromatic heterocycles. The van der Waals surface area contributed by atoms with E-state index < -0.39 is 0 Å². The van der Waals surface area contributed by atoms with Gasteiger partial charge in [-0.1, -0.05) is 32.1 Å². The van der Waals surface area contributed by atoms with Crippen LogP contribution < -0.4 is 5.73 Å². The molecule has 2 N–H and O–H groups in total. The number of thiophene rings is 1. The molecule has 2 heteroatoms. The van der Waals surface area contributed by atoms with Gasteiger partial charge in [0.2, 0.25) is 0 Å². The van der Waals surface area contributed by atoms with Crippen molar-refractivity contribution in [2.75, 3.05) is 0 Å². The van der Waals surface area contributed by atoms with Crippen LogP contribution in [0.15, 0.2) is 41.4 Å². The van der Waals surface area contributed by atoms with E-state index in [9.17, 15) is 0 Å². The molecule has 1 aliphatic carbocycles. The molecule has 1 heterocycles. The van der Waals surface area contributed by atoms with E-state index in [4.69, 9.17) is 5.73 Å². The second kappa shape index (κ2) is 3.28. The van der Waals surface area contributed by atoms with Gasteiger partial charge in [0.15, 0.2) is 0 Å². The van der Waals surface area contributed by atoms with Crippen molar-refractivity contribution in [3.05, 3.63) is 46.3 Å². The Hall–Kier alpha value is -1.02. The number of hydrogen-bond acceptors (Lipinski definition) is 2. The first-order valence-corrected chi connectivity index (χ1v) is 5.71. The molecule has 0 fully saturated rings. The number of rotatable bonds is 1. The highest BCUT2D eigenvalue weighted by molar-refractivity contribution is 7.10. The van der Waals surface area contributed by atoms with Crippen LogP contribution >= 0.6 is 11.3 Å². The van der Waals surface area contributed by atoms with E-state index in [0.717, 1.165) is 5.70 Å². The van der Waals surface area contributed by atoms with E-state index in [2.05, 4.69) is 43.5 Å². The minimum absolute atomic E-state index is 0.122. The smallest absolute Gasteiger partial charge is 0.0273 e. The zero-order valence-corrected chi connectivity index (χ0v) is 9.34. The molecule has 0 bridgehead atoms. The van der Waals surface area contributed by atoms with Crippen LogP contribution in [0.25, 0.3) is 0 Å². The van der Waals surface area contributed by atoms with Gasteiger partial charge in [-0.25, -0.2) is 0 Å². The fourth-order valence-electron chi connectivity index (χ4n) is 1.83. The lowest BCUT2D eigenvalue weighted by molar-refractivity contribution is 0.462. The Morgan fingerprint density at radius 2 is 2.29 bits per heavy atom. The molecule has 0 radical (unpaired) electrons. The molecular weight excluding hydrogens is 190 g/mol. The van der Waals surface area contributed by atoms with Crippen LogP contribution in [0, 0.1) is 5.92 Å². The summed E-state index contributed by atoms with van der Waals surface area (Å²) in [6.07, 6.45) is 6.37. The van der Waals surface area contributed by atoms with E-state index in [1.807, 2.05) is 17.4 Å². The van der Waals surface area contributed by atoms with Crippen LogP contribution in [-0.4, -0.2) is 0 Å². The lowest BCUT2D eigenvalue weighted by atomic mass is 9.74. The molecule has 1 nitrogen and oxygen atoms in total. The zero-order chi connectivity index (χ0) is 10.2. The molecule has 1 aromatic rings. The summed E-state index contributed by atoms with van der Waals surface area (Å²) < 4.78 is 0. The highest BCUT2D eigenvalue weighted by atomic mass is 32.1. The Morgan fingerprint density at radius 3 is 2.86 bits per heavy atom. The van der Waals surface area contributed by atoms with Crippen molar-refractivity contribution in [1.29, 1.82) is 0 Å². The van der Waals surface area contributed by atoms with E-state index in [1.54, 1.807) is 0 Å². The number of hydrogen-bond donors (Lipinski definition) is 1. The van der Waals surface area contributed by atoms with Gasteiger partial charge in [0.25, 0.3) is 0 Å². The zero-order valence-electron chi connectivity index (χ0n) is 8.53. The monoisotopic (exact) mass is 205 g/mol. The molecular formula is C12H15NS. The largest absolute Gasteiger partial charge is 0.399 e. The summed E-state index contributed by atoms with van der Waals surface area (Å²) in [5.74, 6) is 0.464. The third-order valence-electron chi connectivity index (χ3n) is 3.06. The first-order chi connectivity index (χ1) is 6.63. The predicted molar refractivity (Wildman–Crippen MR) is 62.2 cm³/mol. The summed E-state index contributed by atoms with van der Waals surface area (Å²) in [5, 5.41) is 2.13. The highest BCUT2D eigenvalue weighted by Crippen LogP contribution is 2.39. The summed E-state index contributed by atoms with van der Waals surface area (Å²) in [7, 11) is 0. The lowest BCUT2D eigenvalue weighted by Gasteiger charge is -2.32. The van der Waals surface area contributed by atoms with Crippen LogP contribution in [0.3, 0.4) is 0 Å². The van der Waals surface area contributed by atoms with Gasteiger partial charge in [-0.2, -0.15) is 0 Å². The van der Waals surface area contributed by atoms with Gasteiger partial charge in [0.05, 0.1) is 0 Å². The number of allylic oxidation sites excluding steroid dienone is 3. The first kappa shape index (κ1) is 9.53. The fraction of sp³-hybridized carbons (Fsp3) is 0.333. The maximum atomic E-state index is 5.78. The van der Waals surface area contributed by atoms with Gasteiger partial charge < -0.3 is 5.73 Å². The molecule has 0 spiro atoms. The average molecular weight is 205 g/mol. The van der Waals surface area contributed by atoms with Crippen molar-refractivity contribution in [2.24, 2.45) is 11.7 Å². The maximum Gasteiger partial charge on any atom is 0.0273 e. The van der Waals surface area contributed by atoms with Gasteiger partial charge in [0.1, 0.15) is 0 Å². The molecule has 0 saturated carbocycles. The maximum absolute atomic E-state index is 5.78. The Bertz CT molecular complexity index is 375. The van der Waals surface area contributed by atoms with Crippen molar-refractivity contribution in [1.82, 2.24) is 0 Å². The first-order valence-electron chi connectivity index (χ1n) is 4.83. The van der Waals surface area contributed by atoms with Crippen molar-refractivity contribution in [2.45, 2.75) is 19.3 Å². The molecule has 2 unspecified atom stereocenters. The van der Waals surface area contributed by atoms with E-state index in [0.29, 0.717) is 5.92 Å². The standard InChI is InChI=1S/C12H15NS/c1-9-8-10(13)5-6-12(9,2)11-4-3-7-14-11/h3-9H,13H2,1-2H3. The lowest BCUT2D eigenvalue weighted by Crippen LogP contribution is -2.28. The summed E-state index contributed by atoms with van der Waals surface area (Å²) in [4.78, 5) is 1.41.